The molecule has 94 valence electrons. The van der Waals surface area contributed by atoms with E-state index in [-0.39, 0.29) is 12.5 Å². The molecule has 0 bridgehead atoms. The number of carbonyl (C=O) groups excluding carboxylic acids is 2. The normalized spacial score (nSPS) is 10.1. The molecular weight excluding hydrogens is 214 g/mol. The second-order valence-electron chi connectivity index (χ2n) is 2.95. The number of hydrogen-bond acceptors (Lipinski definition) is 5. The van der Waals surface area contributed by atoms with Crippen molar-refractivity contribution < 1.29 is 23.8 Å². The molecule has 0 aliphatic carbocycles. The van der Waals surface area contributed by atoms with Crippen LogP contribution in [0.1, 0.15) is 6.92 Å². The predicted molar refractivity (Wildman–Crippen MR) is 57.2 cm³/mol. The molecule has 6 heteroatoms. The Balaban J connectivity index is 2.93. The highest BCUT2D eigenvalue weighted by atomic mass is 16.5. The fourth-order valence-electron chi connectivity index (χ4n) is 0.871. The zero-order chi connectivity index (χ0) is 12.1. The molecule has 0 heterocycles. The van der Waals surface area contributed by atoms with Crippen molar-refractivity contribution in [2.45, 2.75) is 6.92 Å². The predicted octanol–water partition coefficient (Wildman–Crippen LogP) is -0.629. The first-order chi connectivity index (χ1) is 7.77. The lowest BCUT2D eigenvalue weighted by molar-refractivity contribution is -0.119. The van der Waals surface area contributed by atoms with Crippen molar-refractivity contribution in [3.8, 4) is 0 Å². The minimum Gasteiger partial charge on any atom is -0.377 e. The molecule has 16 heavy (non-hydrogen) atoms. The van der Waals surface area contributed by atoms with E-state index in [0.717, 1.165) is 0 Å². The Morgan fingerprint density at radius 3 is 2.19 bits per heavy atom. The van der Waals surface area contributed by atoms with Gasteiger partial charge in [-0.1, -0.05) is 0 Å². The lowest BCUT2D eigenvalue weighted by Gasteiger charge is -2.06. The van der Waals surface area contributed by atoms with Gasteiger partial charge >= 0.3 is 0 Å². The van der Waals surface area contributed by atoms with E-state index in [2.05, 4.69) is 5.32 Å². The zero-order valence-corrected chi connectivity index (χ0v) is 9.57. The molecule has 0 aromatic carbocycles. The van der Waals surface area contributed by atoms with E-state index >= 15 is 0 Å². The van der Waals surface area contributed by atoms with Crippen LogP contribution in [0.2, 0.25) is 0 Å². The van der Waals surface area contributed by atoms with Crippen LogP contribution in [0.5, 0.6) is 0 Å². The lowest BCUT2D eigenvalue weighted by atomic mass is 10.6. The third-order valence-electron chi connectivity index (χ3n) is 1.55. The summed E-state index contributed by atoms with van der Waals surface area (Å²) in [4.78, 5) is 20.3. The van der Waals surface area contributed by atoms with Crippen LogP contribution < -0.4 is 5.32 Å². The molecule has 1 amide bonds. The monoisotopic (exact) mass is 233 g/mol. The first kappa shape index (κ1) is 15.0. The van der Waals surface area contributed by atoms with Crippen LogP contribution in [-0.4, -0.2) is 58.4 Å². The van der Waals surface area contributed by atoms with Crippen molar-refractivity contribution in [3.05, 3.63) is 0 Å². The summed E-state index contributed by atoms with van der Waals surface area (Å²) in [6, 6.07) is 0. The molecule has 0 atom stereocenters. The lowest BCUT2D eigenvalue weighted by Crippen LogP contribution is -2.25. The standard InChI is InChI=1S/C10H19NO5/c1-10(13)11-2-4-14-6-8-16-9-7-15-5-3-12/h3H,2,4-9H2,1H3,(H,11,13). The number of rotatable bonds is 11. The van der Waals surface area contributed by atoms with E-state index in [4.69, 9.17) is 14.2 Å². The molecule has 0 unspecified atom stereocenters. The van der Waals surface area contributed by atoms with E-state index in [1.165, 1.54) is 6.92 Å². The minimum atomic E-state index is -0.0628. The first-order valence-corrected chi connectivity index (χ1v) is 5.18. The highest BCUT2D eigenvalue weighted by Crippen LogP contribution is 1.80. The quantitative estimate of drug-likeness (QED) is 0.380. The highest BCUT2D eigenvalue weighted by molar-refractivity contribution is 5.72. The molecule has 0 aliphatic rings. The van der Waals surface area contributed by atoms with Crippen LogP contribution in [0, 0.1) is 0 Å². The molecule has 0 spiro atoms. The van der Waals surface area contributed by atoms with Gasteiger partial charge in [0.05, 0.1) is 33.0 Å². The van der Waals surface area contributed by atoms with E-state index in [9.17, 15) is 9.59 Å². The van der Waals surface area contributed by atoms with Crippen LogP contribution in [-0.2, 0) is 23.8 Å². The van der Waals surface area contributed by atoms with Crippen LogP contribution in [0.15, 0.2) is 0 Å². The Labute approximate surface area is 95.2 Å². The fraction of sp³-hybridized carbons (Fsp3) is 0.800. The minimum absolute atomic E-state index is 0.0628. The molecule has 0 saturated carbocycles. The van der Waals surface area contributed by atoms with Crippen molar-refractivity contribution >= 4 is 12.2 Å². The Morgan fingerprint density at radius 1 is 1.06 bits per heavy atom. The van der Waals surface area contributed by atoms with Gasteiger partial charge in [-0.05, 0) is 0 Å². The van der Waals surface area contributed by atoms with Gasteiger partial charge in [-0.15, -0.1) is 0 Å². The van der Waals surface area contributed by atoms with Gasteiger partial charge in [0.2, 0.25) is 5.91 Å². The zero-order valence-electron chi connectivity index (χ0n) is 9.57. The smallest absolute Gasteiger partial charge is 0.216 e. The molecule has 0 saturated heterocycles. The molecule has 0 aromatic rings. The van der Waals surface area contributed by atoms with Gasteiger partial charge in [0.1, 0.15) is 12.9 Å². The maximum absolute atomic E-state index is 10.5. The Bertz CT molecular complexity index is 186. The number of aldehydes is 1. The summed E-state index contributed by atoms with van der Waals surface area (Å²) in [5.41, 5.74) is 0. The van der Waals surface area contributed by atoms with Crippen LogP contribution in [0.4, 0.5) is 0 Å². The summed E-state index contributed by atoms with van der Waals surface area (Å²) in [7, 11) is 0. The molecule has 0 radical (unpaired) electrons. The summed E-state index contributed by atoms with van der Waals surface area (Å²) < 4.78 is 15.2. The molecule has 0 fully saturated rings. The van der Waals surface area contributed by atoms with Crippen molar-refractivity contribution in [3.63, 3.8) is 0 Å². The third kappa shape index (κ3) is 13.0. The van der Waals surface area contributed by atoms with Gasteiger partial charge in [-0.3, -0.25) is 4.79 Å². The van der Waals surface area contributed by atoms with Gasteiger partial charge in [-0.25, -0.2) is 0 Å². The average molecular weight is 233 g/mol. The summed E-state index contributed by atoms with van der Waals surface area (Å²) in [6.07, 6.45) is 0.700. The van der Waals surface area contributed by atoms with Crippen molar-refractivity contribution in [1.82, 2.24) is 5.32 Å². The Morgan fingerprint density at radius 2 is 1.62 bits per heavy atom. The molecule has 6 nitrogen and oxygen atoms in total. The second kappa shape index (κ2) is 12.1. The van der Waals surface area contributed by atoms with Crippen LogP contribution in [0.3, 0.4) is 0 Å². The SMILES string of the molecule is CC(=O)NCCOCCOCCOCC=O. The van der Waals surface area contributed by atoms with E-state index < -0.39 is 0 Å². The number of amides is 1. The number of carbonyl (C=O) groups is 2. The third-order valence-corrected chi connectivity index (χ3v) is 1.55. The maximum Gasteiger partial charge on any atom is 0.216 e. The fourth-order valence-corrected chi connectivity index (χ4v) is 0.871. The molecule has 0 aromatic heterocycles. The van der Waals surface area contributed by atoms with E-state index in [0.29, 0.717) is 45.9 Å². The largest absolute Gasteiger partial charge is 0.377 e. The van der Waals surface area contributed by atoms with Gasteiger partial charge in [0.25, 0.3) is 0 Å². The Hall–Kier alpha value is -0.980. The van der Waals surface area contributed by atoms with E-state index in [1.807, 2.05) is 0 Å². The molecule has 0 rings (SSSR count). The summed E-state index contributed by atoms with van der Waals surface area (Å²) >= 11 is 0. The van der Waals surface area contributed by atoms with Crippen molar-refractivity contribution in [2.75, 3.05) is 46.2 Å². The molecule has 1 N–H and O–H groups in total. The van der Waals surface area contributed by atoms with Crippen molar-refractivity contribution in [2.24, 2.45) is 0 Å². The second-order valence-corrected chi connectivity index (χ2v) is 2.95. The maximum atomic E-state index is 10.5. The first-order valence-electron chi connectivity index (χ1n) is 5.18. The van der Waals surface area contributed by atoms with Crippen molar-refractivity contribution in [1.29, 1.82) is 0 Å². The van der Waals surface area contributed by atoms with E-state index in [1.54, 1.807) is 0 Å². The number of hydrogen-bond donors (Lipinski definition) is 1. The average Bonchev–Trinajstić information content (AvgIpc) is 2.25. The topological polar surface area (TPSA) is 73.9 Å². The van der Waals surface area contributed by atoms with Gasteiger partial charge in [0.15, 0.2) is 0 Å². The highest BCUT2D eigenvalue weighted by Gasteiger charge is 1.92. The number of nitrogens with one attached hydrogen (secondary N) is 1. The summed E-state index contributed by atoms with van der Waals surface area (Å²) in [5.74, 6) is -0.0628. The summed E-state index contributed by atoms with van der Waals surface area (Å²) in [5, 5.41) is 2.61. The molecular formula is C10H19NO5. The Kier molecular flexibility index (Phi) is 11.4. The number of ether oxygens (including phenoxy) is 3. The van der Waals surface area contributed by atoms with Gasteiger partial charge in [-0.2, -0.15) is 0 Å². The summed E-state index contributed by atoms with van der Waals surface area (Å²) in [6.45, 7) is 4.37. The van der Waals surface area contributed by atoms with Crippen LogP contribution >= 0.6 is 0 Å². The molecule has 0 aliphatic heterocycles. The van der Waals surface area contributed by atoms with Gasteiger partial charge in [0, 0.05) is 13.5 Å². The van der Waals surface area contributed by atoms with Crippen LogP contribution in [0.25, 0.3) is 0 Å². The van der Waals surface area contributed by atoms with Gasteiger partial charge < -0.3 is 24.3 Å².